The van der Waals surface area contributed by atoms with Gasteiger partial charge in [-0.3, -0.25) is 9.59 Å². The number of methoxy groups -OCH3 is 1. The van der Waals surface area contributed by atoms with Crippen LogP contribution in [0.5, 0.6) is 0 Å². The van der Waals surface area contributed by atoms with Crippen LogP contribution in [0.3, 0.4) is 0 Å². The fraction of sp³-hybridized carbons (Fsp3) is 0.429. The van der Waals surface area contributed by atoms with Crippen LogP contribution in [0.2, 0.25) is 0 Å². The molecule has 1 aromatic rings. The normalized spacial score (nSPS) is 18.4. The van der Waals surface area contributed by atoms with E-state index in [-0.39, 0.29) is 31.7 Å². The van der Waals surface area contributed by atoms with E-state index < -0.39 is 29.6 Å². The van der Waals surface area contributed by atoms with Crippen molar-refractivity contribution in [3.63, 3.8) is 0 Å². The zero-order valence-corrected chi connectivity index (χ0v) is 11.5. The minimum atomic E-state index is -0.906. The predicted octanol–water partition coefficient (Wildman–Crippen LogP) is 1.37. The van der Waals surface area contributed by atoms with E-state index in [1.165, 1.54) is 12.0 Å². The van der Waals surface area contributed by atoms with Crippen LogP contribution in [0, 0.1) is 11.6 Å². The van der Waals surface area contributed by atoms with Gasteiger partial charge in [-0.15, -0.1) is 0 Å². The number of esters is 1. The first kappa shape index (κ1) is 15.4. The fourth-order valence-corrected chi connectivity index (χ4v) is 2.13. The number of morpholine rings is 1. The molecule has 0 aliphatic carbocycles. The third-order valence-electron chi connectivity index (χ3n) is 3.21. The topological polar surface area (TPSA) is 55.8 Å². The number of hydrogen-bond donors (Lipinski definition) is 0. The highest BCUT2D eigenvalue weighted by Crippen LogP contribution is 2.16. The van der Waals surface area contributed by atoms with E-state index >= 15 is 0 Å². The summed E-state index contributed by atoms with van der Waals surface area (Å²) in [6.07, 6.45) is -0.467. The zero-order chi connectivity index (χ0) is 15.4. The fourth-order valence-electron chi connectivity index (χ4n) is 2.13. The van der Waals surface area contributed by atoms with Crippen LogP contribution in [0.1, 0.15) is 16.8 Å². The van der Waals surface area contributed by atoms with Crippen LogP contribution in [0.25, 0.3) is 0 Å². The van der Waals surface area contributed by atoms with Gasteiger partial charge >= 0.3 is 5.97 Å². The summed E-state index contributed by atoms with van der Waals surface area (Å²) in [6, 6.07) is 2.81. The molecule has 1 amide bonds. The third kappa shape index (κ3) is 3.75. The van der Waals surface area contributed by atoms with Gasteiger partial charge in [-0.2, -0.15) is 0 Å². The van der Waals surface area contributed by atoms with Crippen molar-refractivity contribution in [3.05, 3.63) is 35.4 Å². The Morgan fingerprint density at radius 3 is 2.86 bits per heavy atom. The molecule has 114 valence electrons. The summed E-state index contributed by atoms with van der Waals surface area (Å²) >= 11 is 0. The molecule has 0 saturated carbocycles. The Bertz CT molecular complexity index is 550. The smallest absolute Gasteiger partial charge is 0.308 e. The molecule has 0 N–H and O–H groups in total. The van der Waals surface area contributed by atoms with Gasteiger partial charge in [0.25, 0.3) is 5.91 Å². The number of benzene rings is 1. The first-order valence-electron chi connectivity index (χ1n) is 6.44. The molecule has 1 unspecified atom stereocenters. The third-order valence-corrected chi connectivity index (χ3v) is 3.21. The number of nitrogens with zero attached hydrogens (tertiary/aromatic N) is 1. The van der Waals surface area contributed by atoms with Crippen molar-refractivity contribution in [1.82, 2.24) is 4.90 Å². The molecule has 21 heavy (non-hydrogen) atoms. The van der Waals surface area contributed by atoms with Crippen LogP contribution in [0.4, 0.5) is 8.78 Å². The minimum Gasteiger partial charge on any atom is -0.469 e. The largest absolute Gasteiger partial charge is 0.469 e. The van der Waals surface area contributed by atoms with Crippen molar-refractivity contribution in [2.75, 3.05) is 26.8 Å². The SMILES string of the molecule is COC(=O)CC1CN(C(=O)c2ccc(F)cc2F)CCO1. The molecule has 7 heteroatoms. The Labute approximate surface area is 120 Å². The lowest BCUT2D eigenvalue weighted by atomic mass is 10.1. The van der Waals surface area contributed by atoms with Crippen molar-refractivity contribution < 1.29 is 27.8 Å². The molecular formula is C14H15F2NO4. The van der Waals surface area contributed by atoms with Crippen LogP contribution >= 0.6 is 0 Å². The van der Waals surface area contributed by atoms with Crippen LogP contribution in [0.15, 0.2) is 18.2 Å². The van der Waals surface area contributed by atoms with Gasteiger partial charge in [-0.05, 0) is 12.1 Å². The van der Waals surface area contributed by atoms with Crippen LogP contribution < -0.4 is 0 Å². The van der Waals surface area contributed by atoms with E-state index in [2.05, 4.69) is 4.74 Å². The van der Waals surface area contributed by atoms with Gasteiger partial charge < -0.3 is 14.4 Å². The summed E-state index contributed by atoms with van der Waals surface area (Å²) in [6.45, 7) is 0.689. The summed E-state index contributed by atoms with van der Waals surface area (Å²) in [7, 11) is 1.27. The number of carbonyl (C=O) groups is 2. The Kier molecular flexibility index (Phi) is 4.85. The number of halogens is 2. The lowest BCUT2D eigenvalue weighted by Gasteiger charge is -2.32. The Hall–Kier alpha value is -2.02. The maximum Gasteiger partial charge on any atom is 0.308 e. The molecule has 0 aromatic heterocycles. The Balaban J connectivity index is 2.06. The monoisotopic (exact) mass is 299 g/mol. The first-order valence-corrected chi connectivity index (χ1v) is 6.44. The van der Waals surface area contributed by atoms with Crippen molar-refractivity contribution >= 4 is 11.9 Å². The lowest BCUT2D eigenvalue weighted by Crippen LogP contribution is -2.46. The summed E-state index contributed by atoms with van der Waals surface area (Å²) in [5.41, 5.74) is -0.199. The maximum absolute atomic E-state index is 13.6. The molecule has 0 radical (unpaired) electrons. The summed E-state index contributed by atoms with van der Waals surface area (Å²) in [4.78, 5) is 24.8. The van der Waals surface area contributed by atoms with E-state index in [4.69, 9.17) is 4.74 Å². The average Bonchev–Trinajstić information content (AvgIpc) is 2.47. The van der Waals surface area contributed by atoms with Gasteiger partial charge in [0.2, 0.25) is 0 Å². The highest BCUT2D eigenvalue weighted by Gasteiger charge is 2.28. The molecule has 0 spiro atoms. The second-order valence-electron chi connectivity index (χ2n) is 4.65. The highest BCUT2D eigenvalue weighted by atomic mass is 19.1. The number of carbonyl (C=O) groups excluding carboxylic acids is 2. The van der Waals surface area contributed by atoms with Gasteiger partial charge in [-0.25, -0.2) is 8.78 Å². The predicted molar refractivity (Wildman–Crippen MR) is 68.6 cm³/mol. The molecule has 1 aliphatic rings. The lowest BCUT2D eigenvalue weighted by molar-refractivity contribution is -0.145. The van der Waals surface area contributed by atoms with Crippen molar-refractivity contribution in [2.45, 2.75) is 12.5 Å². The molecule has 1 saturated heterocycles. The van der Waals surface area contributed by atoms with E-state index in [1.54, 1.807) is 0 Å². The Morgan fingerprint density at radius 1 is 1.43 bits per heavy atom. The zero-order valence-electron chi connectivity index (χ0n) is 11.5. The van der Waals surface area contributed by atoms with Crippen LogP contribution in [-0.2, 0) is 14.3 Å². The van der Waals surface area contributed by atoms with Crippen molar-refractivity contribution in [1.29, 1.82) is 0 Å². The molecule has 0 bridgehead atoms. The highest BCUT2D eigenvalue weighted by molar-refractivity contribution is 5.94. The van der Waals surface area contributed by atoms with E-state index in [1.807, 2.05) is 0 Å². The number of ether oxygens (including phenoxy) is 2. The van der Waals surface area contributed by atoms with E-state index in [0.717, 1.165) is 12.1 Å². The summed E-state index contributed by atoms with van der Waals surface area (Å²) < 4.78 is 36.4. The standard InChI is InChI=1S/C14H15F2NO4/c1-20-13(18)7-10-8-17(4-5-21-10)14(19)11-3-2-9(15)6-12(11)16/h2-3,6,10H,4-5,7-8H2,1H3. The molecule has 1 aliphatic heterocycles. The number of amides is 1. The second-order valence-corrected chi connectivity index (χ2v) is 4.65. The first-order chi connectivity index (χ1) is 10.0. The second kappa shape index (κ2) is 6.62. The minimum absolute atomic E-state index is 0.0200. The van der Waals surface area contributed by atoms with Gasteiger partial charge in [0, 0.05) is 19.2 Å². The van der Waals surface area contributed by atoms with Gasteiger partial charge in [-0.1, -0.05) is 0 Å². The van der Waals surface area contributed by atoms with E-state index in [0.29, 0.717) is 6.07 Å². The molecule has 1 heterocycles. The van der Waals surface area contributed by atoms with Gasteiger partial charge in [0.15, 0.2) is 0 Å². The van der Waals surface area contributed by atoms with E-state index in [9.17, 15) is 18.4 Å². The Morgan fingerprint density at radius 2 is 2.19 bits per heavy atom. The summed E-state index contributed by atoms with van der Waals surface area (Å²) in [5, 5.41) is 0. The maximum atomic E-state index is 13.6. The molecule has 1 fully saturated rings. The van der Waals surface area contributed by atoms with Gasteiger partial charge in [0.05, 0.1) is 31.8 Å². The average molecular weight is 299 g/mol. The van der Waals surface area contributed by atoms with Gasteiger partial charge in [0.1, 0.15) is 11.6 Å². The quantitative estimate of drug-likeness (QED) is 0.791. The number of hydrogen-bond acceptors (Lipinski definition) is 4. The van der Waals surface area contributed by atoms with Crippen molar-refractivity contribution in [2.24, 2.45) is 0 Å². The molecule has 2 rings (SSSR count). The summed E-state index contributed by atoms with van der Waals surface area (Å²) in [5.74, 6) is -2.64. The van der Waals surface area contributed by atoms with Crippen LogP contribution in [-0.4, -0.2) is 49.7 Å². The molecule has 1 atom stereocenters. The van der Waals surface area contributed by atoms with Crippen molar-refractivity contribution in [3.8, 4) is 0 Å². The number of rotatable bonds is 3. The molecule has 1 aromatic carbocycles. The molecular weight excluding hydrogens is 284 g/mol. The molecule has 5 nitrogen and oxygen atoms in total.